The lowest BCUT2D eigenvalue weighted by atomic mass is 10.7. The summed E-state index contributed by atoms with van der Waals surface area (Å²) < 4.78 is 7.06. The number of hydrogen-bond donors (Lipinski definition) is 2. The van der Waals surface area contributed by atoms with Crippen LogP contribution in [0.3, 0.4) is 0 Å². The van der Waals surface area contributed by atoms with Crippen LogP contribution in [0.1, 0.15) is 13.8 Å². The summed E-state index contributed by atoms with van der Waals surface area (Å²) >= 11 is 0. The predicted octanol–water partition coefficient (Wildman–Crippen LogP) is 0.455. The van der Waals surface area contributed by atoms with Crippen molar-refractivity contribution in [3.05, 3.63) is 0 Å². The predicted molar refractivity (Wildman–Crippen MR) is 39.6 cm³/mol. The normalized spacial score (nSPS) is 7.57. The van der Waals surface area contributed by atoms with E-state index in [1.165, 1.54) is 13.8 Å². The zero-order chi connectivity index (χ0) is 11.7. The summed E-state index contributed by atoms with van der Waals surface area (Å²) in [6, 6.07) is 0. The highest BCUT2D eigenvalue weighted by molar-refractivity contribution is 5.82. The minimum atomic E-state index is -1.81. The van der Waals surface area contributed by atoms with Crippen molar-refractivity contribution in [3.63, 3.8) is 0 Å². The molecular weight excluding hydrogens is 200 g/mol. The van der Waals surface area contributed by atoms with E-state index in [-0.39, 0.29) is 0 Å². The molecule has 0 fully saturated rings. The molecule has 0 saturated heterocycles. The Morgan fingerprint density at radius 3 is 1.07 bits per heavy atom. The van der Waals surface area contributed by atoms with Crippen molar-refractivity contribution >= 4 is 24.2 Å². The van der Waals surface area contributed by atoms with E-state index in [9.17, 15) is 19.2 Å². The van der Waals surface area contributed by atoms with Crippen LogP contribution in [-0.2, 0) is 19.1 Å². The minimum absolute atomic E-state index is 0.562. The largest absolute Gasteiger partial charge is 0.516 e. The summed E-state index contributed by atoms with van der Waals surface area (Å²) in [7, 11) is 0. The molecule has 0 amide bonds. The van der Waals surface area contributed by atoms with E-state index in [0.717, 1.165) is 0 Å². The molecule has 2 N–H and O–H groups in total. The summed E-state index contributed by atoms with van der Waals surface area (Å²) in [5, 5.41) is 15.0. The first-order chi connectivity index (χ1) is 6.25. The quantitative estimate of drug-likeness (QED) is 0.433. The van der Waals surface area contributed by atoms with Gasteiger partial charge in [-0.05, 0) is 0 Å². The molecule has 0 aliphatic rings. The van der Waals surface area contributed by atoms with Crippen LogP contribution in [0.2, 0.25) is 0 Å². The fourth-order valence-corrected chi connectivity index (χ4v) is 0.277. The molecule has 0 atom stereocenters. The van der Waals surface area contributed by atoms with Crippen molar-refractivity contribution in [2.24, 2.45) is 0 Å². The Balaban J connectivity index is 0. The highest BCUT2D eigenvalue weighted by Gasteiger charge is 2.01. The topological polar surface area (TPSA) is 127 Å². The van der Waals surface area contributed by atoms with Crippen LogP contribution < -0.4 is 0 Å². The minimum Gasteiger partial charge on any atom is -0.449 e. The van der Waals surface area contributed by atoms with Gasteiger partial charge in [-0.25, -0.2) is 9.59 Å². The van der Waals surface area contributed by atoms with Gasteiger partial charge in [0.05, 0.1) is 0 Å². The first kappa shape index (κ1) is 14.4. The van der Waals surface area contributed by atoms with Crippen LogP contribution in [0.4, 0.5) is 9.59 Å². The number of carboxylic acid groups (broad SMARTS) is 2. The van der Waals surface area contributed by atoms with Crippen LogP contribution in [0.15, 0.2) is 0 Å². The highest BCUT2D eigenvalue weighted by Crippen LogP contribution is 1.74. The molecule has 0 aromatic heterocycles. The summed E-state index contributed by atoms with van der Waals surface area (Å²) in [5.74, 6) is -1.12. The van der Waals surface area contributed by atoms with E-state index in [4.69, 9.17) is 10.2 Å². The smallest absolute Gasteiger partial charge is 0.449 e. The van der Waals surface area contributed by atoms with E-state index < -0.39 is 24.2 Å². The average Bonchev–Trinajstić information content (AvgIpc) is 1.79. The van der Waals surface area contributed by atoms with Crippen molar-refractivity contribution in [3.8, 4) is 0 Å². The summed E-state index contributed by atoms with van der Waals surface area (Å²) in [6.45, 7) is 2.36. The Labute approximate surface area is 78.0 Å². The molecule has 0 aliphatic carbocycles. The molecule has 0 saturated carbocycles. The summed E-state index contributed by atoms with van der Waals surface area (Å²) in [5.41, 5.74) is 0. The van der Waals surface area contributed by atoms with Gasteiger partial charge in [0.2, 0.25) is 0 Å². The second-order valence-electron chi connectivity index (χ2n) is 1.72. The molecule has 0 unspecified atom stereocenters. The second kappa shape index (κ2) is 7.53. The third kappa shape index (κ3) is 22.5. The van der Waals surface area contributed by atoms with Gasteiger partial charge in [0.1, 0.15) is 0 Å². The number of carbonyl (C=O) groups excluding carboxylic acids is 2. The Morgan fingerprint density at radius 2 is 1.07 bits per heavy atom. The molecule has 0 heterocycles. The maximum atomic E-state index is 9.81. The first-order valence-electron chi connectivity index (χ1n) is 3.08. The van der Waals surface area contributed by atoms with Gasteiger partial charge in [0, 0.05) is 13.8 Å². The van der Waals surface area contributed by atoms with Gasteiger partial charge in [-0.3, -0.25) is 9.59 Å². The van der Waals surface area contributed by atoms with Crippen LogP contribution in [0.25, 0.3) is 0 Å². The fourth-order valence-electron chi connectivity index (χ4n) is 0.277. The van der Waals surface area contributed by atoms with Crippen LogP contribution in [0.5, 0.6) is 0 Å². The van der Waals surface area contributed by atoms with Gasteiger partial charge < -0.3 is 19.7 Å². The molecule has 8 heteroatoms. The maximum Gasteiger partial charge on any atom is 0.516 e. The Kier molecular flexibility index (Phi) is 7.74. The van der Waals surface area contributed by atoms with Crippen molar-refractivity contribution in [1.82, 2.24) is 0 Å². The summed E-state index contributed by atoms with van der Waals surface area (Å²) in [6.07, 6.45) is -3.62. The van der Waals surface area contributed by atoms with Gasteiger partial charge in [-0.2, -0.15) is 0 Å². The van der Waals surface area contributed by atoms with Crippen molar-refractivity contribution in [2.75, 3.05) is 0 Å². The van der Waals surface area contributed by atoms with Gasteiger partial charge in [-0.1, -0.05) is 0 Å². The molecule has 0 spiro atoms. The van der Waals surface area contributed by atoms with Crippen molar-refractivity contribution in [2.45, 2.75) is 13.8 Å². The SMILES string of the molecule is CC(=O)OC(C)=O.O=C(O)OC(=O)O. The van der Waals surface area contributed by atoms with Crippen molar-refractivity contribution < 1.29 is 38.9 Å². The molecular formula is C6H8O8. The number of esters is 2. The van der Waals surface area contributed by atoms with E-state index in [0.29, 0.717) is 0 Å². The van der Waals surface area contributed by atoms with E-state index in [2.05, 4.69) is 9.47 Å². The molecule has 0 rings (SSSR count). The molecule has 14 heavy (non-hydrogen) atoms. The van der Waals surface area contributed by atoms with Crippen LogP contribution in [0, 0.1) is 0 Å². The Bertz CT molecular complexity index is 192. The number of carbonyl (C=O) groups is 4. The van der Waals surface area contributed by atoms with E-state index in [1.54, 1.807) is 0 Å². The monoisotopic (exact) mass is 208 g/mol. The molecule has 0 aromatic carbocycles. The third-order valence-electron chi connectivity index (χ3n) is 0.462. The fraction of sp³-hybridized carbons (Fsp3) is 0.333. The highest BCUT2D eigenvalue weighted by atomic mass is 16.7. The standard InChI is InChI=1S/C4H6O3.C2H2O5/c1-3(5)7-4(2)6;3-1(4)7-2(5)6/h1-2H3;(H,3,4)(H,5,6). The molecule has 0 aromatic rings. The average molecular weight is 208 g/mol. The number of rotatable bonds is 0. The molecule has 0 radical (unpaired) electrons. The number of ether oxygens (including phenoxy) is 2. The van der Waals surface area contributed by atoms with Crippen LogP contribution in [-0.4, -0.2) is 34.5 Å². The lowest BCUT2D eigenvalue weighted by Gasteiger charge is -1.87. The lowest BCUT2D eigenvalue weighted by Crippen LogP contribution is -2.05. The maximum absolute atomic E-state index is 9.81. The van der Waals surface area contributed by atoms with Crippen LogP contribution >= 0.6 is 0 Å². The molecule has 0 bridgehead atoms. The molecule has 8 nitrogen and oxygen atoms in total. The van der Waals surface area contributed by atoms with Gasteiger partial charge in [0.15, 0.2) is 0 Å². The number of hydrogen-bond acceptors (Lipinski definition) is 6. The molecule has 0 aliphatic heterocycles. The van der Waals surface area contributed by atoms with E-state index in [1.807, 2.05) is 0 Å². The van der Waals surface area contributed by atoms with Crippen molar-refractivity contribution in [1.29, 1.82) is 0 Å². The second-order valence-corrected chi connectivity index (χ2v) is 1.72. The van der Waals surface area contributed by atoms with E-state index >= 15 is 0 Å². The Hall–Kier alpha value is -2.12. The first-order valence-corrected chi connectivity index (χ1v) is 3.08. The summed E-state index contributed by atoms with van der Waals surface area (Å²) in [4.78, 5) is 38.0. The van der Waals surface area contributed by atoms with Gasteiger partial charge in [0.25, 0.3) is 0 Å². The third-order valence-corrected chi connectivity index (χ3v) is 0.462. The Morgan fingerprint density at radius 1 is 0.786 bits per heavy atom. The zero-order valence-electron chi connectivity index (χ0n) is 7.34. The zero-order valence-corrected chi connectivity index (χ0v) is 7.34. The lowest BCUT2D eigenvalue weighted by molar-refractivity contribution is -0.156. The van der Waals surface area contributed by atoms with Gasteiger partial charge in [-0.15, -0.1) is 0 Å². The van der Waals surface area contributed by atoms with Gasteiger partial charge >= 0.3 is 24.2 Å². The molecule has 80 valence electrons.